The number of benzene rings is 1. The number of nitrogens with two attached hydrogens (primary N) is 1. The normalized spacial score (nSPS) is 11.2. The van der Waals surface area contributed by atoms with Gasteiger partial charge in [0, 0.05) is 13.6 Å². The first-order valence-electron chi connectivity index (χ1n) is 5.51. The molecule has 0 aliphatic heterocycles. The lowest BCUT2D eigenvalue weighted by molar-refractivity contribution is 0.630. The molecular formula is C12H17N3O. The molecule has 4 nitrogen and oxygen atoms in total. The largest absolute Gasteiger partial charge is 0.330 e. The van der Waals surface area contributed by atoms with Gasteiger partial charge in [-0.15, -0.1) is 0 Å². The molecule has 0 aliphatic carbocycles. The molecule has 1 heterocycles. The van der Waals surface area contributed by atoms with Crippen LogP contribution in [0.1, 0.15) is 12.0 Å². The molecule has 0 saturated heterocycles. The topological polar surface area (TPSA) is 52.9 Å². The third-order valence-electron chi connectivity index (χ3n) is 2.89. The van der Waals surface area contributed by atoms with Gasteiger partial charge >= 0.3 is 5.69 Å². The standard InChI is InChI=1S/C12H17N3O/c1-9-4-5-10-11(8-9)15(7-3-6-13)12(16)14(10)2/h4-5,8H,3,6-7,13H2,1-2H3. The van der Waals surface area contributed by atoms with Gasteiger partial charge in [0.05, 0.1) is 11.0 Å². The Kier molecular flexibility index (Phi) is 2.83. The third kappa shape index (κ3) is 1.65. The van der Waals surface area contributed by atoms with E-state index in [1.807, 2.05) is 25.1 Å². The highest BCUT2D eigenvalue weighted by Gasteiger charge is 2.09. The van der Waals surface area contributed by atoms with Gasteiger partial charge in [0.1, 0.15) is 0 Å². The second-order valence-electron chi connectivity index (χ2n) is 4.13. The van der Waals surface area contributed by atoms with Crippen molar-refractivity contribution in [3.05, 3.63) is 34.2 Å². The van der Waals surface area contributed by atoms with Crippen molar-refractivity contribution >= 4 is 11.0 Å². The molecule has 86 valence electrons. The molecule has 2 N–H and O–H groups in total. The van der Waals surface area contributed by atoms with E-state index < -0.39 is 0 Å². The zero-order chi connectivity index (χ0) is 11.7. The zero-order valence-corrected chi connectivity index (χ0v) is 9.73. The fourth-order valence-electron chi connectivity index (χ4n) is 1.99. The molecule has 2 aromatic rings. The van der Waals surface area contributed by atoms with Crippen LogP contribution < -0.4 is 11.4 Å². The second kappa shape index (κ2) is 4.14. The zero-order valence-electron chi connectivity index (χ0n) is 9.73. The van der Waals surface area contributed by atoms with Crippen molar-refractivity contribution in [1.82, 2.24) is 9.13 Å². The highest BCUT2D eigenvalue weighted by molar-refractivity contribution is 5.76. The summed E-state index contributed by atoms with van der Waals surface area (Å²) in [6.45, 7) is 3.33. The van der Waals surface area contributed by atoms with Gasteiger partial charge in [0.25, 0.3) is 0 Å². The Hall–Kier alpha value is -1.55. The van der Waals surface area contributed by atoms with Gasteiger partial charge in [-0.2, -0.15) is 0 Å². The van der Waals surface area contributed by atoms with E-state index >= 15 is 0 Å². The van der Waals surface area contributed by atoms with E-state index in [0.717, 1.165) is 17.5 Å². The minimum absolute atomic E-state index is 0.0362. The number of aromatic nitrogens is 2. The third-order valence-corrected chi connectivity index (χ3v) is 2.89. The number of aryl methyl sites for hydroxylation is 3. The number of nitrogens with zero attached hydrogens (tertiary/aromatic N) is 2. The molecule has 0 radical (unpaired) electrons. The predicted octanol–water partition coefficient (Wildman–Crippen LogP) is 0.997. The quantitative estimate of drug-likeness (QED) is 0.837. The fraction of sp³-hybridized carbons (Fsp3) is 0.417. The molecule has 16 heavy (non-hydrogen) atoms. The van der Waals surface area contributed by atoms with E-state index in [1.54, 1.807) is 16.2 Å². The average Bonchev–Trinajstić information content (AvgIpc) is 2.50. The number of hydrogen-bond acceptors (Lipinski definition) is 2. The first-order valence-corrected chi connectivity index (χ1v) is 5.51. The minimum Gasteiger partial charge on any atom is -0.330 e. The lowest BCUT2D eigenvalue weighted by atomic mass is 10.2. The van der Waals surface area contributed by atoms with Gasteiger partial charge in [-0.1, -0.05) is 6.07 Å². The maximum Gasteiger partial charge on any atom is 0.328 e. The first kappa shape index (κ1) is 11.0. The minimum atomic E-state index is 0.0362. The predicted molar refractivity (Wildman–Crippen MR) is 65.6 cm³/mol. The van der Waals surface area contributed by atoms with Crippen molar-refractivity contribution in [3.63, 3.8) is 0 Å². The molecule has 4 heteroatoms. The lowest BCUT2D eigenvalue weighted by Crippen LogP contribution is -2.23. The van der Waals surface area contributed by atoms with Crippen molar-refractivity contribution in [2.45, 2.75) is 19.9 Å². The molecule has 0 fully saturated rings. The first-order chi connectivity index (χ1) is 7.65. The molecule has 1 aromatic heterocycles. The van der Waals surface area contributed by atoms with Gasteiger partial charge in [0.15, 0.2) is 0 Å². The van der Waals surface area contributed by atoms with Crippen LogP contribution in [-0.4, -0.2) is 15.7 Å². The molecule has 0 unspecified atom stereocenters. The maximum atomic E-state index is 12.0. The summed E-state index contributed by atoms with van der Waals surface area (Å²) in [6, 6.07) is 6.06. The molecule has 0 spiro atoms. The van der Waals surface area contributed by atoms with Gasteiger partial charge in [-0.05, 0) is 37.6 Å². The molecule has 0 amide bonds. The Morgan fingerprint density at radius 3 is 2.75 bits per heavy atom. The monoisotopic (exact) mass is 219 g/mol. The van der Waals surface area contributed by atoms with Crippen molar-refractivity contribution in [1.29, 1.82) is 0 Å². The summed E-state index contributed by atoms with van der Waals surface area (Å²) in [5.41, 5.74) is 8.67. The van der Waals surface area contributed by atoms with Crippen LogP contribution in [0.5, 0.6) is 0 Å². The number of fused-ring (bicyclic) bond motifs is 1. The highest BCUT2D eigenvalue weighted by Crippen LogP contribution is 2.14. The van der Waals surface area contributed by atoms with Gasteiger partial charge < -0.3 is 5.73 Å². The summed E-state index contributed by atoms with van der Waals surface area (Å²) in [5.74, 6) is 0. The molecule has 0 saturated carbocycles. The van der Waals surface area contributed by atoms with Crippen LogP contribution in [0.25, 0.3) is 11.0 Å². The lowest BCUT2D eigenvalue weighted by Gasteiger charge is -2.01. The van der Waals surface area contributed by atoms with Crippen molar-refractivity contribution in [2.24, 2.45) is 12.8 Å². The van der Waals surface area contributed by atoms with Crippen LogP contribution in [-0.2, 0) is 13.6 Å². The van der Waals surface area contributed by atoms with Crippen LogP contribution in [0.4, 0.5) is 0 Å². The SMILES string of the molecule is Cc1ccc2c(c1)n(CCCN)c(=O)n2C. The molecule has 0 aliphatic rings. The van der Waals surface area contributed by atoms with Crippen LogP contribution in [0.15, 0.2) is 23.0 Å². The summed E-state index contributed by atoms with van der Waals surface area (Å²) in [4.78, 5) is 12.0. The smallest absolute Gasteiger partial charge is 0.328 e. The van der Waals surface area contributed by atoms with Crippen molar-refractivity contribution < 1.29 is 0 Å². The number of rotatable bonds is 3. The van der Waals surface area contributed by atoms with Crippen molar-refractivity contribution in [2.75, 3.05) is 6.54 Å². The Balaban J connectivity index is 2.66. The molecule has 0 bridgehead atoms. The van der Waals surface area contributed by atoms with E-state index in [9.17, 15) is 4.79 Å². The van der Waals surface area contributed by atoms with Crippen molar-refractivity contribution in [3.8, 4) is 0 Å². The Morgan fingerprint density at radius 2 is 2.06 bits per heavy atom. The average molecular weight is 219 g/mol. The van der Waals surface area contributed by atoms with Gasteiger partial charge in [-0.3, -0.25) is 9.13 Å². The molecular weight excluding hydrogens is 202 g/mol. The highest BCUT2D eigenvalue weighted by atomic mass is 16.1. The van der Waals surface area contributed by atoms with Crippen LogP contribution in [0.3, 0.4) is 0 Å². The Morgan fingerprint density at radius 1 is 1.31 bits per heavy atom. The fourth-order valence-corrected chi connectivity index (χ4v) is 1.99. The maximum absolute atomic E-state index is 12.0. The summed E-state index contributed by atoms with van der Waals surface area (Å²) < 4.78 is 3.49. The van der Waals surface area contributed by atoms with E-state index in [1.165, 1.54) is 5.56 Å². The Bertz CT molecular complexity index is 565. The summed E-state index contributed by atoms with van der Waals surface area (Å²) in [5, 5.41) is 0. The summed E-state index contributed by atoms with van der Waals surface area (Å²) in [7, 11) is 1.80. The second-order valence-corrected chi connectivity index (χ2v) is 4.13. The number of imidazole rings is 1. The van der Waals surface area contributed by atoms with Crippen LogP contribution >= 0.6 is 0 Å². The van der Waals surface area contributed by atoms with E-state index in [4.69, 9.17) is 5.73 Å². The van der Waals surface area contributed by atoms with E-state index in [2.05, 4.69) is 0 Å². The van der Waals surface area contributed by atoms with Crippen LogP contribution in [0.2, 0.25) is 0 Å². The van der Waals surface area contributed by atoms with Crippen LogP contribution in [0, 0.1) is 6.92 Å². The number of hydrogen-bond donors (Lipinski definition) is 1. The molecule has 1 aromatic carbocycles. The van der Waals surface area contributed by atoms with E-state index in [-0.39, 0.29) is 5.69 Å². The summed E-state index contributed by atoms with van der Waals surface area (Å²) in [6.07, 6.45) is 0.826. The molecule has 0 atom stereocenters. The summed E-state index contributed by atoms with van der Waals surface area (Å²) >= 11 is 0. The Labute approximate surface area is 94.3 Å². The molecule has 2 rings (SSSR count). The van der Waals surface area contributed by atoms with Gasteiger partial charge in [-0.25, -0.2) is 4.79 Å². The van der Waals surface area contributed by atoms with Gasteiger partial charge in [0.2, 0.25) is 0 Å². The van der Waals surface area contributed by atoms with E-state index in [0.29, 0.717) is 13.1 Å².